The normalized spacial score (nSPS) is 11.2. The second kappa shape index (κ2) is 5.24. The van der Waals surface area contributed by atoms with E-state index in [1.54, 1.807) is 6.92 Å². The van der Waals surface area contributed by atoms with Crippen LogP contribution in [0.1, 0.15) is 37.0 Å². The van der Waals surface area contributed by atoms with Gasteiger partial charge in [0, 0.05) is 18.4 Å². The largest absolute Gasteiger partial charge is 0.416 e. The van der Waals surface area contributed by atoms with Gasteiger partial charge in [-0.15, -0.1) is 10.2 Å². The first-order valence-corrected chi connectivity index (χ1v) is 6.68. The molecule has 0 unspecified atom stereocenters. The van der Waals surface area contributed by atoms with Crippen molar-refractivity contribution in [3.05, 3.63) is 22.4 Å². The molecule has 96 valence electrons. The summed E-state index contributed by atoms with van der Waals surface area (Å²) in [5, 5.41) is 9.38. The van der Waals surface area contributed by atoms with E-state index in [1.165, 1.54) is 11.8 Å². The molecule has 0 saturated carbocycles. The quantitative estimate of drug-likeness (QED) is 0.805. The lowest BCUT2D eigenvalue weighted by Gasteiger charge is -2.09. The minimum atomic E-state index is 0.215. The Bertz CT molecular complexity index is 570. The monoisotopic (exact) mass is 284 g/mol. The van der Waals surface area contributed by atoms with Crippen LogP contribution < -0.4 is 0 Å². The molecule has 7 heteroatoms. The van der Waals surface area contributed by atoms with Gasteiger partial charge in [-0.1, -0.05) is 25.4 Å². The first kappa shape index (κ1) is 13.3. The van der Waals surface area contributed by atoms with E-state index in [1.807, 2.05) is 20.8 Å². The van der Waals surface area contributed by atoms with Crippen LogP contribution >= 0.6 is 23.4 Å². The SMILES string of the molecule is Cc1nnc(Sc2nc(C(C)C)nc(Cl)c2C)o1. The van der Waals surface area contributed by atoms with E-state index in [0.29, 0.717) is 22.1 Å². The zero-order valence-corrected chi connectivity index (χ0v) is 12.1. The lowest BCUT2D eigenvalue weighted by atomic mass is 10.2. The molecule has 0 saturated heterocycles. The minimum absolute atomic E-state index is 0.215. The molecule has 2 heterocycles. The molecule has 2 rings (SSSR count). The van der Waals surface area contributed by atoms with E-state index in [2.05, 4.69) is 20.2 Å². The van der Waals surface area contributed by atoms with Crippen molar-refractivity contribution >= 4 is 23.4 Å². The van der Waals surface area contributed by atoms with Gasteiger partial charge in [0.1, 0.15) is 16.0 Å². The van der Waals surface area contributed by atoms with Crippen molar-refractivity contribution in [1.82, 2.24) is 20.2 Å². The van der Waals surface area contributed by atoms with E-state index >= 15 is 0 Å². The van der Waals surface area contributed by atoms with Crippen molar-refractivity contribution in [2.75, 3.05) is 0 Å². The first-order chi connectivity index (χ1) is 8.47. The highest BCUT2D eigenvalue weighted by atomic mass is 35.5. The number of nitrogens with zero attached hydrogens (tertiary/aromatic N) is 4. The highest BCUT2D eigenvalue weighted by Gasteiger charge is 2.15. The summed E-state index contributed by atoms with van der Waals surface area (Å²) >= 11 is 7.41. The molecule has 0 aliphatic rings. The Morgan fingerprint density at radius 1 is 1.17 bits per heavy atom. The number of rotatable bonds is 3. The summed E-state index contributed by atoms with van der Waals surface area (Å²) in [6.07, 6.45) is 0. The van der Waals surface area contributed by atoms with Gasteiger partial charge in [-0.2, -0.15) is 0 Å². The van der Waals surface area contributed by atoms with Gasteiger partial charge in [-0.05, 0) is 18.7 Å². The van der Waals surface area contributed by atoms with Crippen molar-refractivity contribution in [3.63, 3.8) is 0 Å². The van der Waals surface area contributed by atoms with Crippen molar-refractivity contribution in [1.29, 1.82) is 0 Å². The standard InChI is InChI=1S/C11H13ClN4OS/c1-5(2)9-13-8(12)6(3)10(14-9)18-11-16-15-7(4)17-11/h5H,1-4H3. The predicted octanol–water partition coefficient (Wildman–Crippen LogP) is 3.40. The van der Waals surface area contributed by atoms with Crippen LogP contribution in [0.25, 0.3) is 0 Å². The summed E-state index contributed by atoms with van der Waals surface area (Å²) in [7, 11) is 0. The molecule has 0 fully saturated rings. The van der Waals surface area contributed by atoms with Gasteiger partial charge in [-0.3, -0.25) is 0 Å². The number of hydrogen-bond donors (Lipinski definition) is 0. The van der Waals surface area contributed by atoms with Gasteiger partial charge in [0.05, 0.1) is 0 Å². The summed E-state index contributed by atoms with van der Waals surface area (Å²) in [5.74, 6) is 1.45. The Morgan fingerprint density at radius 2 is 1.89 bits per heavy atom. The zero-order chi connectivity index (χ0) is 13.3. The van der Waals surface area contributed by atoms with Gasteiger partial charge in [0.25, 0.3) is 5.22 Å². The third kappa shape index (κ3) is 2.81. The highest BCUT2D eigenvalue weighted by Crippen LogP contribution is 2.31. The molecule has 0 aliphatic carbocycles. The summed E-state index contributed by atoms with van der Waals surface area (Å²) in [5.41, 5.74) is 0.821. The van der Waals surface area contributed by atoms with Crippen molar-refractivity contribution in [3.8, 4) is 0 Å². The summed E-state index contributed by atoms with van der Waals surface area (Å²) in [6, 6.07) is 0. The third-order valence-electron chi connectivity index (χ3n) is 2.27. The predicted molar refractivity (Wildman–Crippen MR) is 69.0 cm³/mol. The topological polar surface area (TPSA) is 64.7 Å². The van der Waals surface area contributed by atoms with E-state index in [-0.39, 0.29) is 5.92 Å². The molecular formula is C11H13ClN4OS. The maximum absolute atomic E-state index is 6.10. The van der Waals surface area contributed by atoms with Gasteiger partial charge < -0.3 is 4.42 Å². The van der Waals surface area contributed by atoms with Crippen LogP contribution in [-0.2, 0) is 0 Å². The first-order valence-electron chi connectivity index (χ1n) is 5.49. The molecule has 0 amide bonds. The van der Waals surface area contributed by atoms with Crippen LogP contribution in [-0.4, -0.2) is 20.2 Å². The summed E-state index contributed by atoms with van der Waals surface area (Å²) in [6.45, 7) is 7.66. The van der Waals surface area contributed by atoms with Crippen LogP contribution in [0.5, 0.6) is 0 Å². The molecule has 5 nitrogen and oxygen atoms in total. The molecule has 2 aromatic rings. The summed E-state index contributed by atoms with van der Waals surface area (Å²) in [4.78, 5) is 8.73. The van der Waals surface area contributed by atoms with E-state index in [0.717, 1.165) is 10.6 Å². The van der Waals surface area contributed by atoms with Crippen LogP contribution in [0.4, 0.5) is 0 Å². The zero-order valence-electron chi connectivity index (χ0n) is 10.6. The fourth-order valence-corrected chi connectivity index (χ4v) is 2.28. The Labute approximate surface area is 114 Å². The molecule has 18 heavy (non-hydrogen) atoms. The maximum atomic E-state index is 6.10. The number of halogens is 1. The number of aromatic nitrogens is 4. The fraction of sp³-hybridized carbons (Fsp3) is 0.455. The molecule has 0 spiro atoms. The van der Waals surface area contributed by atoms with Gasteiger partial charge in [0.2, 0.25) is 5.89 Å². The van der Waals surface area contributed by atoms with Crippen molar-refractivity contribution in [2.24, 2.45) is 0 Å². The second-order valence-corrected chi connectivity index (χ2v) is 5.44. The average molecular weight is 285 g/mol. The molecule has 0 bridgehead atoms. The van der Waals surface area contributed by atoms with E-state index < -0.39 is 0 Å². The fourth-order valence-electron chi connectivity index (χ4n) is 1.25. The van der Waals surface area contributed by atoms with Crippen LogP contribution in [0, 0.1) is 13.8 Å². The molecule has 0 atom stereocenters. The van der Waals surface area contributed by atoms with Crippen LogP contribution in [0.3, 0.4) is 0 Å². The molecular weight excluding hydrogens is 272 g/mol. The van der Waals surface area contributed by atoms with Gasteiger partial charge in [-0.25, -0.2) is 9.97 Å². The Hall–Kier alpha value is -1.14. The minimum Gasteiger partial charge on any atom is -0.416 e. The molecule has 2 aromatic heterocycles. The lowest BCUT2D eigenvalue weighted by molar-refractivity contribution is 0.429. The van der Waals surface area contributed by atoms with Crippen molar-refractivity contribution < 1.29 is 4.42 Å². The lowest BCUT2D eigenvalue weighted by Crippen LogP contribution is -2.01. The Kier molecular flexibility index (Phi) is 3.87. The second-order valence-electron chi connectivity index (χ2n) is 4.15. The van der Waals surface area contributed by atoms with Crippen LogP contribution in [0.2, 0.25) is 5.15 Å². The summed E-state index contributed by atoms with van der Waals surface area (Å²) < 4.78 is 5.32. The maximum Gasteiger partial charge on any atom is 0.282 e. The van der Waals surface area contributed by atoms with E-state index in [4.69, 9.17) is 16.0 Å². The molecule has 0 N–H and O–H groups in total. The highest BCUT2D eigenvalue weighted by molar-refractivity contribution is 7.99. The average Bonchev–Trinajstić information content (AvgIpc) is 2.70. The Morgan fingerprint density at radius 3 is 2.44 bits per heavy atom. The Balaban J connectivity index is 2.37. The number of hydrogen-bond acceptors (Lipinski definition) is 6. The van der Waals surface area contributed by atoms with E-state index in [9.17, 15) is 0 Å². The van der Waals surface area contributed by atoms with Crippen molar-refractivity contribution in [2.45, 2.75) is 43.9 Å². The van der Waals surface area contributed by atoms with Gasteiger partial charge in [0.15, 0.2) is 0 Å². The smallest absolute Gasteiger partial charge is 0.282 e. The molecule has 0 aromatic carbocycles. The molecule has 0 aliphatic heterocycles. The number of aryl methyl sites for hydroxylation is 1. The third-order valence-corrected chi connectivity index (χ3v) is 3.57. The molecule has 0 radical (unpaired) electrons. The van der Waals surface area contributed by atoms with Gasteiger partial charge >= 0.3 is 0 Å². The van der Waals surface area contributed by atoms with Crippen LogP contribution in [0.15, 0.2) is 14.7 Å².